The molecule has 0 aromatic carbocycles. The number of nitrogens with two attached hydrogens (primary N) is 1. The second-order valence-corrected chi connectivity index (χ2v) is 4.81. The molecule has 0 aliphatic rings. The maximum Gasteiger partial charge on any atom is 0.109 e. The van der Waals surface area contributed by atoms with Crippen molar-refractivity contribution < 1.29 is 0 Å². The number of nitrogens with zero attached hydrogens (tertiary/aromatic N) is 1. The van der Waals surface area contributed by atoms with Crippen molar-refractivity contribution in [3.05, 3.63) is 16.6 Å². The molecule has 3 N–H and O–H groups in total. The average molecular weight is 227 g/mol. The van der Waals surface area contributed by atoms with E-state index in [0.717, 1.165) is 24.4 Å². The highest BCUT2D eigenvalue weighted by molar-refractivity contribution is 7.09. The van der Waals surface area contributed by atoms with Crippen LogP contribution in [0.15, 0.2) is 11.6 Å². The predicted octanol–water partition coefficient (Wildman–Crippen LogP) is 2.31. The maximum absolute atomic E-state index is 5.94. The van der Waals surface area contributed by atoms with E-state index in [1.54, 1.807) is 11.3 Å². The second-order valence-electron chi connectivity index (χ2n) is 3.88. The summed E-state index contributed by atoms with van der Waals surface area (Å²) in [6, 6.07) is 0.685. The first kappa shape index (κ1) is 12.6. The van der Waals surface area contributed by atoms with E-state index in [2.05, 4.69) is 24.1 Å². The van der Waals surface area contributed by atoms with Gasteiger partial charge in [0.05, 0.1) is 6.04 Å². The summed E-state index contributed by atoms with van der Waals surface area (Å²) in [6.07, 6.45) is 5.18. The Kier molecular flexibility index (Phi) is 5.83. The van der Waals surface area contributed by atoms with Crippen LogP contribution in [0.2, 0.25) is 0 Å². The Morgan fingerprint density at radius 3 is 2.93 bits per heavy atom. The molecule has 2 atom stereocenters. The van der Waals surface area contributed by atoms with Gasteiger partial charge in [-0.15, -0.1) is 11.3 Å². The van der Waals surface area contributed by atoms with Crippen molar-refractivity contribution in [1.29, 1.82) is 0 Å². The highest BCUT2D eigenvalue weighted by Gasteiger charge is 2.07. The quantitative estimate of drug-likeness (QED) is 0.751. The summed E-state index contributed by atoms with van der Waals surface area (Å²) in [5.41, 5.74) is 5.94. The zero-order valence-corrected chi connectivity index (χ0v) is 10.4. The summed E-state index contributed by atoms with van der Waals surface area (Å²) in [5, 5.41) is 6.60. The maximum atomic E-state index is 5.94. The molecule has 0 aliphatic carbocycles. The molecule has 15 heavy (non-hydrogen) atoms. The molecule has 0 amide bonds. The largest absolute Gasteiger partial charge is 0.328 e. The predicted molar refractivity (Wildman–Crippen MR) is 66.0 cm³/mol. The first-order valence-electron chi connectivity index (χ1n) is 5.62. The lowest BCUT2D eigenvalue weighted by molar-refractivity contribution is 0.494. The van der Waals surface area contributed by atoms with E-state index >= 15 is 0 Å². The lowest BCUT2D eigenvalue weighted by atomic mass is 10.1. The number of hydrogen-bond donors (Lipinski definition) is 2. The van der Waals surface area contributed by atoms with E-state index in [4.69, 9.17) is 5.73 Å². The molecule has 1 rings (SSSR count). The topological polar surface area (TPSA) is 50.9 Å². The van der Waals surface area contributed by atoms with Gasteiger partial charge in [-0.2, -0.15) is 0 Å². The molecule has 4 heteroatoms. The van der Waals surface area contributed by atoms with Gasteiger partial charge in [-0.25, -0.2) is 4.98 Å². The number of hydrogen-bond acceptors (Lipinski definition) is 4. The molecule has 0 saturated heterocycles. The summed E-state index contributed by atoms with van der Waals surface area (Å²) in [6.45, 7) is 5.29. The van der Waals surface area contributed by atoms with Gasteiger partial charge in [-0.3, -0.25) is 0 Å². The third-order valence-electron chi connectivity index (χ3n) is 2.45. The third kappa shape index (κ3) is 4.73. The van der Waals surface area contributed by atoms with Crippen molar-refractivity contribution in [2.45, 2.75) is 45.2 Å². The third-order valence-corrected chi connectivity index (χ3v) is 3.41. The Labute approximate surface area is 96.1 Å². The van der Waals surface area contributed by atoms with Crippen LogP contribution in [0.5, 0.6) is 0 Å². The Balaban J connectivity index is 2.15. The van der Waals surface area contributed by atoms with Gasteiger partial charge in [0.2, 0.25) is 0 Å². The molecule has 0 bridgehead atoms. The van der Waals surface area contributed by atoms with E-state index in [1.165, 1.54) is 6.42 Å². The smallest absolute Gasteiger partial charge is 0.109 e. The lowest BCUT2D eigenvalue weighted by Gasteiger charge is -2.14. The van der Waals surface area contributed by atoms with E-state index < -0.39 is 0 Å². The van der Waals surface area contributed by atoms with E-state index in [-0.39, 0.29) is 0 Å². The molecular formula is C11H21N3S. The van der Waals surface area contributed by atoms with Crippen molar-refractivity contribution >= 4 is 11.3 Å². The first-order valence-corrected chi connectivity index (χ1v) is 6.50. The van der Waals surface area contributed by atoms with Gasteiger partial charge >= 0.3 is 0 Å². The van der Waals surface area contributed by atoms with Gasteiger partial charge in [0.15, 0.2) is 0 Å². The fourth-order valence-electron chi connectivity index (χ4n) is 1.54. The highest BCUT2D eigenvalue weighted by atomic mass is 32.1. The van der Waals surface area contributed by atoms with E-state index in [9.17, 15) is 0 Å². The standard InChI is InChI=1S/C11H21N3S/c1-3-4-10(12)5-6-13-9(2)11-14-7-8-15-11/h7-10,13H,3-6,12H2,1-2H3. The second kappa shape index (κ2) is 6.93. The molecule has 3 nitrogen and oxygen atoms in total. The fraction of sp³-hybridized carbons (Fsp3) is 0.727. The Bertz CT molecular complexity index is 248. The molecule has 1 aromatic heterocycles. The average Bonchev–Trinajstić information content (AvgIpc) is 2.70. The molecule has 2 unspecified atom stereocenters. The molecule has 0 saturated carbocycles. The van der Waals surface area contributed by atoms with Crippen LogP contribution in [0.1, 0.15) is 44.2 Å². The molecular weight excluding hydrogens is 206 g/mol. The van der Waals surface area contributed by atoms with Crippen LogP contribution in [0.4, 0.5) is 0 Å². The van der Waals surface area contributed by atoms with E-state index in [0.29, 0.717) is 12.1 Å². The summed E-state index contributed by atoms with van der Waals surface area (Å²) >= 11 is 1.70. The van der Waals surface area contributed by atoms with Crippen LogP contribution < -0.4 is 11.1 Å². The Morgan fingerprint density at radius 1 is 1.53 bits per heavy atom. The Hall–Kier alpha value is -0.450. The van der Waals surface area contributed by atoms with Crippen molar-refractivity contribution in [1.82, 2.24) is 10.3 Å². The lowest BCUT2D eigenvalue weighted by Crippen LogP contribution is -2.27. The van der Waals surface area contributed by atoms with Crippen LogP contribution in [0, 0.1) is 0 Å². The van der Waals surface area contributed by atoms with Gasteiger partial charge < -0.3 is 11.1 Å². The van der Waals surface area contributed by atoms with Crippen LogP contribution >= 0.6 is 11.3 Å². The van der Waals surface area contributed by atoms with Gasteiger partial charge in [0.1, 0.15) is 5.01 Å². The van der Waals surface area contributed by atoms with Crippen molar-refractivity contribution in [3.63, 3.8) is 0 Å². The normalized spacial score (nSPS) is 15.1. The fourth-order valence-corrected chi connectivity index (χ4v) is 2.21. The van der Waals surface area contributed by atoms with Crippen molar-refractivity contribution in [3.8, 4) is 0 Å². The van der Waals surface area contributed by atoms with Gasteiger partial charge in [0.25, 0.3) is 0 Å². The van der Waals surface area contributed by atoms with Gasteiger partial charge in [-0.05, 0) is 26.3 Å². The zero-order chi connectivity index (χ0) is 11.1. The molecule has 1 heterocycles. The van der Waals surface area contributed by atoms with Gasteiger partial charge in [0, 0.05) is 17.6 Å². The SMILES string of the molecule is CCCC(N)CCNC(C)c1nccs1. The molecule has 0 spiro atoms. The molecule has 0 radical (unpaired) electrons. The molecule has 0 fully saturated rings. The van der Waals surface area contributed by atoms with Crippen LogP contribution in [0.3, 0.4) is 0 Å². The highest BCUT2D eigenvalue weighted by Crippen LogP contribution is 2.14. The number of rotatable bonds is 7. The van der Waals surface area contributed by atoms with Crippen LogP contribution in [0.25, 0.3) is 0 Å². The molecule has 0 aliphatic heterocycles. The summed E-state index contributed by atoms with van der Waals surface area (Å²) in [7, 11) is 0. The van der Waals surface area contributed by atoms with Crippen molar-refractivity contribution in [2.75, 3.05) is 6.54 Å². The van der Waals surface area contributed by atoms with Gasteiger partial charge in [-0.1, -0.05) is 13.3 Å². The number of thiazole rings is 1. The molecule has 86 valence electrons. The van der Waals surface area contributed by atoms with Crippen molar-refractivity contribution in [2.24, 2.45) is 5.73 Å². The Morgan fingerprint density at radius 2 is 2.33 bits per heavy atom. The van der Waals surface area contributed by atoms with Crippen LogP contribution in [-0.4, -0.2) is 17.6 Å². The summed E-state index contributed by atoms with van der Waals surface area (Å²) < 4.78 is 0. The van der Waals surface area contributed by atoms with E-state index in [1.807, 2.05) is 11.6 Å². The minimum atomic E-state index is 0.339. The summed E-state index contributed by atoms with van der Waals surface area (Å²) in [4.78, 5) is 4.28. The molecule has 1 aromatic rings. The van der Waals surface area contributed by atoms with Crippen LogP contribution in [-0.2, 0) is 0 Å². The minimum Gasteiger partial charge on any atom is -0.328 e. The minimum absolute atomic E-state index is 0.339. The number of nitrogens with one attached hydrogen (secondary N) is 1. The number of aromatic nitrogens is 1. The first-order chi connectivity index (χ1) is 7.24. The zero-order valence-electron chi connectivity index (χ0n) is 9.57. The monoisotopic (exact) mass is 227 g/mol. The summed E-state index contributed by atoms with van der Waals surface area (Å²) in [5.74, 6) is 0.